The summed E-state index contributed by atoms with van der Waals surface area (Å²) >= 11 is 5.86. The molecule has 5 nitrogen and oxygen atoms in total. The average molecular weight is 239 g/mol. The van der Waals surface area contributed by atoms with Crippen molar-refractivity contribution in [3.63, 3.8) is 0 Å². The Kier molecular flexibility index (Phi) is 3.38. The second-order valence-electron chi connectivity index (χ2n) is 3.19. The van der Waals surface area contributed by atoms with Crippen LogP contribution in [0.4, 0.5) is 6.01 Å². The molecule has 2 rings (SSSR count). The van der Waals surface area contributed by atoms with E-state index in [1.165, 1.54) is 0 Å². The predicted molar refractivity (Wildman–Crippen MR) is 61.0 cm³/mol. The first-order chi connectivity index (χ1) is 7.78. The Bertz CT molecular complexity index is 471. The zero-order chi connectivity index (χ0) is 11.4. The van der Waals surface area contributed by atoms with Gasteiger partial charge in [0.25, 0.3) is 0 Å². The number of hydrogen-bond acceptors (Lipinski definition) is 5. The summed E-state index contributed by atoms with van der Waals surface area (Å²) in [7, 11) is 0. The number of rotatable bonds is 4. The van der Waals surface area contributed by atoms with E-state index >= 15 is 0 Å². The summed E-state index contributed by atoms with van der Waals surface area (Å²) in [6.07, 6.45) is 0. The SMILES string of the molecule is NCc1nnc(NCc2cccc(Cl)c2)o1. The largest absolute Gasteiger partial charge is 0.407 e. The molecule has 6 heteroatoms. The van der Waals surface area contributed by atoms with Crippen molar-refractivity contribution in [2.75, 3.05) is 5.32 Å². The molecule has 16 heavy (non-hydrogen) atoms. The van der Waals surface area contributed by atoms with Gasteiger partial charge >= 0.3 is 6.01 Å². The van der Waals surface area contributed by atoms with E-state index < -0.39 is 0 Å². The molecular weight excluding hydrogens is 228 g/mol. The van der Waals surface area contributed by atoms with Gasteiger partial charge in [-0.2, -0.15) is 0 Å². The molecular formula is C10H11ClN4O. The lowest BCUT2D eigenvalue weighted by Crippen LogP contribution is -1.99. The Morgan fingerprint density at radius 2 is 2.25 bits per heavy atom. The van der Waals surface area contributed by atoms with Crippen molar-refractivity contribution >= 4 is 17.6 Å². The molecule has 0 radical (unpaired) electrons. The van der Waals surface area contributed by atoms with Crippen LogP contribution in [0.5, 0.6) is 0 Å². The molecule has 3 N–H and O–H groups in total. The molecule has 2 aromatic rings. The Hall–Kier alpha value is -1.59. The number of nitrogens with two attached hydrogens (primary N) is 1. The van der Waals surface area contributed by atoms with E-state index in [4.69, 9.17) is 21.8 Å². The van der Waals surface area contributed by atoms with Crippen LogP contribution in [0.3, 0.4) is 0 Å². The minimum Gasteiger partial charge on any atom is -0.407 e. The number of benzene rings is 1. The molecule has 0 amide bonds. The van der Waals surface area contributed by atoms with Crippen LogP contribution in [0.1, 0.15) is 11.5 Å². The lowest BCUT2D eigenvalue weighted by molar-refractivity contribution is 0.507. The highest BCUT2D eigenvalue weighted by atomic mass is 35.5. The van der Waals surface area contributed by atoms with Gasteiger partial charge in [-0.15, -0.1) is 5.10 Å². The van der Waals surface area contributed by atoms with E-state index in [9.17, 15) is 0 Å². The molecule has 0 fully saturated rings. The predicted octanol–water partition coefficient (Wildman–Crippen LogP) is 1.79. The van der Waals surface area contributed by atoms with Gasteiger partial charge in [-0.05, 0) is 17.7 Å². The van der Waals surface area contributed by atoms with Crippen LogP contribution >= 0.6 is 11.6 Å². The van der Waals surface area contributed by atoms with Crippen LogP contribution in [0.25, 0.3) is 0 Å². The van der Waals surface area contributed by atoms with E-state index in [0.29, 0.717) is 23.5 Å². The number of hydrogen-bond donors (Lipinski definition) is 2. The minimum atomic E-state index is 0.242. The van der Waals surface area contributed by atoms with Crippen LogP contribution in [0, 0.1) is 0 Å². The van der Waals surface area contributed by atoms with Gasteiger partial charge < -0.3 is 15.5 Å². The topological polar surface area (TPSA) is 77.0 Å². The standard InChI is InChI=1S/C10H11ClN4O/c11-8-3-1-2-7(4-8)6-13-10-15-14-9(5-12)16-10/h1-4H,5-6,12H2,(H,13,15). The van der Waals surface area contributed by atoms with Gasteiger partial charge in [-0.25, -0.2) is 0 Å². The third-order valence-electron chi connectivity index (χ3n) is 1.97. The lowest BCUT2D eigenvalue weighted by Gasteiger charge is -2.01. The number of halogens is 1. The third kappa shape index (κ3) is 2.71. The van der Waals surface area contributed by atoms with Crippen molar-refractivity contribution in [3.8, 4) is 0 Å². The molecule has 0 saturated heterocycles. The van der Waals surface area contributed by atoms with Gasteiger partial charge in [0.2, 0.25) is 5.89 Å². The van der Waals surface area contributed by atoms with Gasteiger partial charge in [0, 0.05) is 11.6 Å². The molecule has 1 aromatic carbocycles. The van der Waals surface area contributed by atoms with Gasteiger partial charge in [0.15, 0.2) is 0 Å². The van der Waals surface area contributed by atoms with Crippen molar-refractivity contribution in [2.24, 2.45) is 5.73 Å². The number of nitrogens with one attached hydrogen (secondary N) is 1. The average Bonchev–Trinajstić information content (AvgIpc) is 2.74. The van der Waals surface area contributed by atoms with Crippen molar-refractivity contribution in [2.45, 2.75) is 13.1 Å². The fourth-order valence-corrected chi connectivity index (χ4v) is 1.45. The molecule has 1 aromatic heterocycles. The number of anilines is 1. The summed E-state index contributed by atoms with van der Waals surface area (Å²) in [5.74, 6) is 0.411. The monoisotopic (exact) mass is 238 g/mol. The first-order valence-electron chi connectivity index (χ1n) is 4.78. The molecule has 0 aliphatic heterocycles. The van der Waals surface area contributed by atoms with Crippen molar-refractivity contribution in [3.05, 3.63) is 40.7 Å². The summed E-state index contributed by atoms with van der Waals surface area (Å²) in [4.78, 5) is 0. The third-order valence-corrected chi connectivity index (χ3v) is 2.21. The van der Waals surface area contributed by atoms with Crippen molar-refractivity contribution in [1.29, 1.82) is 0 Å². The fraction of sp³-hybridized carbons (Fsp3) is 0.200. The molecule has 0 aliphatic carbocycles. The Labute approximate surface area is 97.6 Å². The van der Waals surface area contributed by atoms with Crippen LogP contribution in [0.2, 0.25) is 5.02 Å². The lowest BCUT2D eigenvalue weighted by atomic mass is 10.2. The maximum Gasteiger partial charge on any atom is 0.315 e. The van der Waals surface area contributed by atoms with Crippen LogP contribution < -0.4 is 11.1 Å². The highest BCUT2D eigenvalue weighted by molar-refractivity contribution is 6.30. The summed E-state index contributed by atoms with van der Waals surface area (Å²) in [6.45, 7) is 0.818. The first-order valence-corrected chi connectivity index (χ1v) is 5.16. The van der Waals surface area contributed by atoms with Crippen LogP contribution in [-0.4, -0.2) is 10.2 Å². The minimum absolute atomic E-state index is 0.242. The van der Waals surface area contributed by atoms with Crippen LogP contribution in [-0.2, 0) is 13.1 Å². The summed E-state index contributed by atoms with van der Waals surface area (Å²) in [5.41, 5.74) is 6.39. The van der Waals surface area contributed by atoms with Gasteiger partial charge in [-0.3, -0.25) is 0 Å². The fourth-order valence-electron chi connectivity index (χ4n) is 1.23. The molecule has 0 atom stereocenters. The summed E-state index contributed by atoms with van der Waals surface area (Å²) < 4.78 is 5.19. The second-order valence-corrected chi connectivity index (χ2v) is 3.62. The van der Waals surface area contributed by atoms with Gasteiger partial charge in [-0.1, -0.05) is 28.8 Å². The van der Waals surface area contributed by atoms with E-state index in [-0.39, 0.29) is 6.54 Å². The van der Waals surface area contributed by atoms with E-state index in [1.807, 2.05) is 24.3 Å². The smallest absolute Gasteiger partial charge is 0.315 e. The molecule has 1 heterocycles. The number of aromatic nitrogens is 2. The quantitative estimate of drug-likeness (QED) is 0.849. The zero-order valence-electron chi connectivity index (χ0n) is 8.48. The Balaban J connectivity index is 1.96. The van der Waals surface area contributed by atoms with E-state index in [0.717, 1.165) is 5.56 Å². The highest BCUT2D eigenvalue weighted by Crippen LogP contribution is 2.12. The zero-order valence-corrected chi connectivity index (χ0v) is 9.24. The van der Waals surface area contributed by atoms with E-state index in [2.05, 4.69) is 15.5 Å². The van der Waals surface area contributed by atoms with Crippen molar-refractivity contribution in [1.82, 2.24) is 10.2 Å². The number of nitrogens with zero attached hydrogens (tertiary/aromatic N) is 2. The Morgan fingerprint density at radius 1 is 1.38 bits per heavy atom. The molecule has 0 aliphatic rings. The molecule has 0 saturated carbocycles. The first kappa shape index (κ1) is 10.9. The molecule has 0 spiro atoms. The maximum absolute atomic E-state index is 5.86. The highest BCUT2D eigenvalue weighted by Gasteiger charge is 2.03. The maximum atomic E-state index is 5.86. The van der Waals surface area contributed by atoms with Gasteiger partial charge in [0.05, 0.1) is 6.54 Å². The van der Waals surface area contributed by atoms with Crippen LogP contribution in [0.15, 0.2) is 28.7 Å². The normalized spacial score (nSPS) is 10.4. The molecule has 84 valence electrons. The Morgan fingerprint density at radius 3 is 2.94 bits per heavy atom. The second kappa shape index (κ2) is 4.96. The van der Waals surface area contributed by atoms with E-state index in [1.54, 1.807) is 0 Å². The van der Waals surface area contributed by atoms with Gasteiger partial charge in [0.1, 0.15) is 0 Å². The molecule has 0 bridgehead atoms. The summed E-state index contributed by atoms with van der Waals surface area (Å²) in [5, 5.41) is 11.2. The molecule has 0 unspecified atom stereocenters. The van der Waals surface area contributed by atoms with Crippen molar-refractivity contribution < 1.29 is 4.42 Å². The summed E-state index contributed by atoms with van der Waals surface area (Å²) in [6, 6.07) is 7.90.